The normalized spacial score (nSPS) is 20.8. The Balaban J connectivity index is 1.57. The Labute approximate surface area is 188 Å². The fourth-order valence-electron chi connectivity index (χ4n) is 4.72. The molecule has 1 aliphatic carbocycles. The fourth-order valence-corrected chi connectivity index (χ4v) is 4.72. The predicted octanol–water partition coefficient (Wildman–Crippen LogP) is 2.99. The van der Waals surface area contributed by atoms with Crippen molar-refractivity contribution in [1.29, 1.82) is 0 Å². The third-order valence-electron chi connectivity index (χ3n) is 6.62. The minimum atomic E-state index is -1.06. The molecule has 2 aromatic rings. The number of amides is 3. The molecular weight excluding hydrogens is 406 g/mol. The van der Waals surface area contributed by atoms with Gasteiger partial charge in [-0.3, -0.25) is 19.1 Å². The van der Waals surface area contributed by atoms with Gasteiger partial charge in [0.25, 0.3) is 11.8 Å². The molecule has 1 aromatic carbocycles. The molecule has 1 saturated carbocycles. The molecule has 4 rings (SSSR count). The first-order chi connectivity index (χ1) is 15.4. The zero-order valence-electron chi connectivity index (χ0n) is 19.0. The second-order valence-corrected chi connectivity index (χ2v) is 8.86. The summed E-state index contributed by atoms with van der Waals surface area (Å²) in [4.78, 5) is 40.9. The van der Waals surface area contributed by atoms with Gasteiger partial charge in [-0.05, 0) is 50.8 Å². The van der Waals surface area contributed by atoms with Crippen LogP contribution in [0.3, 0.4) is 0 Å². The number of hydrogen-bond donors (Lipinski definition) is 2. The van der Waals surface area contributed by atoms with Gasteiger partial charge in [0, 0.05) is 24.3 Å². The number of carbonyl (C=O) groups is 3. The van der Waals surface area contributed by atoms with Gasteiger partial charge in [0.1, 0.15) is 11.2 Å². The van der Waals surface area contributed by atoms with Crippen LogP contribution in [0.1, 0.15) is 73.0 Å². The number of carbonyl (C=O) groups excluding carboxylic acids is 3. The number of benzene rings is 1. The Morgan fingerprint density at radius 2 is 1.94 bits per heavy atom. The lowest BCUT2D eigenvalue weighted by Crippen LogP contribution is -2.64. The molecule has 0 spiro atoms. The average molecular weight is 438 g/mol. The molecule has 0 unspecified atom stereocenters. The summed E-state index contributed by atoms with van der Waals surface area (Å²) in [5.41, 5.74) is 1.22. The number of anilines is 1. The topological polar surface area (TPSA) is 96.3 Å². The first-order valence-electron chi connectivity index (χ1n) is 11.5. The first-order valence-corrected chi connectivity index (χ1v) is 11.5. The van der Waals surface area contributed by atoms with E-state index in [1.807, 2.05) is 31.2 Å². The third-order valence-corrected chi connectivity index (χ3v) is 6.62. The van der Waals surface area contributed by atoms with Crippen LogP contribution >= 0.6 is 0 Å². The summed E-state index contributed by atoms with van der Waals surface area (Å²) in [6.45, 7) is 6.29. The summed E-state index contributed by atoms with van der Waals surface area (Å²) in [5, 5.41) is 10.4. The van der Waals surface area contributed by atoms with Crippen LogP contribution in [0.5, 0.6) is 0 Å². The van der Waals surface area contributed by atoms with Gasteiger partial charge in [0.05, 0.1) is 6.54 Å². The number of likely N-dealkylation sites (N-methyl/N-ethyl adjacent to an activating group) is 1. The Bertz CT molecular complexity index is 1040. The molecule has 0 radical (unpaired) electrons. The minimum Gasteiger partial charge on any atom is -0.351 e. The molecule has 2 aliphatic rings. The summed E-state index contributed by atoms with van der Waals surface area (Å²) in [6, 6.07) is 9.30. The number of fused-ring (bicyclic) bond motifs is 1. The summed E-state index contributed by atoms with van der Waals surface area (Å²) in [7, 11) is 0. The van der Waals surface area contributed by atoms with Crippen molar-refractivity contribution >= 4 is 23.4 Å². The molecule has 1 atom stereocenters. The maximum atomic E-state index is 13.2. The van der Waals surface area contributed by atoms with E-state index in [9.17, 15) is 14.4 Å². The van der Waals surface area contributed by atoms with E-state index in [-0.39, 0.29) is 36.0 Å². The van der Waals surface area contributed by atoms with Crippen molar-refractivity contribution in [3.05, 3.63) is 47.3 Å². The molecule has 170 valence electrons. The van der Waals surface area contributed by atoms with Crippen molar-refractivity contribution in [1.82, 2.24) is 20.0 Å². The van der Waals surface area contributed by atoms with Crippen LogP contribution in [0.15, 0.2) is 30.3 Å². The maximum Gasteiger partial charge on any atom is 0.276 e. The summed E-state index contributed by atoms with van der Waals surface area (Å²) < 4.78 is 1.50. The van der Waals surface area contributed by atoms with E-state index < -0.39 is 5.54 Å². The van der Waals surface area contributed by atoms with E-state index in [4.69, 9.17) is 0 Å². The van der Waals surface area contributed by atoms with Crippen LogP contribution in [0.2, 0.25) is 0 Å². The molecule has 8 nitrogen and oxygen atoms in total. The number of aromatic nitrogens is 2. The largest absolute Gasteiger partial charge is 0.351 e. The fraction of sp³-hybridized carbons (Fsp3) is 0.500. The predicted molar refractivity (Wildman–Crippen MR) is 122 cm³/mol. The number of nitrogens with one attached hydrogen (secondary N) is 2. The molecule has 8 heteroatoms. The van der Waals surface area contributed by atoms with E-state index in [2.05, 4.69) is 22.7 Å². The van der Waals surface area contributed by atoms with Gasteiger partial charge < -0.3 is 15.5 Å². The highest BCUT2D eigenvalue weighted by molar-refractivity contribution is 6.06. The lowest BCUT2D eigenvalue weighted by molar-refractivity contribution is -0.133. The van der Waals surface area contributed by atoms with E-state index in [1.165, 1.54) is 10.7 Å². The minimum absolute atomic E-state index is 0.159. The van der Waals surface area contributed by atoms with Gasteiger partial charge in [0.2, 0.25) is 5.91 Å². The van der Waals surface area contributed by atoms with Crippen molar-refractivity contribution in [3.8, 4) is 0 Å². The maximum absolute atomic E-state index is 13.2. The average Bonchev–Trinajstić information content (AvgIpc) is 3.44. The van der Waals surface area contributed by atoms with E-state index in [1.54, 1.807) is 11.8 Å². The Morgan fingerprint density at radius 1 is 1.19 bits per heavy atom. The molecule has 0 bridgehead atoms. The van der Waals surface area contributed by atoms with E-state index >= 15 is 0 Å². The molecule has 2 N–H and O–H groups in total. The van der Waals surface area contributed by atoms with E-state index in [0.29, 0.717) is 17.9 Å². The second-order valence-electron chi connectivity index (χ2n) is 8.86. The lowest BCUT2D eigenvalue weighted by atomic mass is 9.94. The van der Waals surface area contributed by atoms with Crippen LogP contribution in [0, 0.1) is 0 Å². The zero-order chi connectivity index (χ0) is 22.9. The molecule has 0 saturated heterocycles. The molecule has 1 aliphatic heterocycles. The smallest absolute Gasteiger partial charge is 0.276 e. The van der Waals surface area contributed by atoms with Gasteiger partial charge in [0.15, 0.2) is 5.69 Å². The number of nitrogens with zero attached hydrogens (tertiary/aromatic N) is 3. The highest BCUT2D eigenvalue weighted by Gasteiger charge is 2.48. The van der Waals surface area contributed by atoms with Crippen molar-refractivity contribution in [2.45, 2.75) is 71.0 Å². The van der Waals surface area contributed by atoms with Gasteiger partial charge in [-0.25, -0.2) is 0 Å². The van der Waals surface area contributed by atoms with Crippen molar-refractivity contribution in [2.24, 2.45) is 0 Å². The van der Waals surface area contributed by atoms with Crippen molar-refractivity contribution in [3.63, 3.8) is 0 Å². The number of hydrogen-bond acceptors (Lipinski definition) is 4. The van der Waals surface area contributed by atoms with Gasteiger partial charge in [-0.15, -0.1) is 0 Å². The molecule has 32 heavy (non-hydrogen) atoms. The van der Waals surface area contributed by atoms with Gasteiger partial charge in [-0.1, -0.05) is 31.9 Å². The van der Waals surface area contributed by atoms with Gasteiger partial charge >= 0.3 is 0 Å². The quantitative estimate of drug-likeness (QED) is 0.726. The molecule has 1 fully saturated rings. The molecular formula is C24H31N5O3. The first kappa shape index (κ1) is 22.0. The van der Waals surface area contributed by atoms with Gasteiger partial charge in [-0.2, -0.15) is 5.10 Å². The van der Waals surface area contributed by atoms with Crippen molar-refractivity contribution < 1.29 is 14.4 Å². The number of rotatable bonds is 6. The summed E-state index contributed by atoms with van der Waals surface area (Å²) in [6.07, 6.45) is 5.03. The molecule has 1 aromatic heterocycles. The van der Waals surface area contributed by atoms with Crippen LogP contribution in [-0.4, -0.2) is 50.5 Å². The lowest BCUT2D eigenvalue weighted by Gasteiger charge is -2.43. The zero-order valence-corrected chi connectivity index (χ0v) is 19.0. The van der Waals surface area contributed by atoms with Crippen LogP contribution < -0.4 is 10.6 Å². The standard InChI is InChI=1S/C24H31N5O3/c1-4-16-9-8-12-18(13-16)25-21(30)19-14-20-22(31)28(5-2)24(3,15-29(20)27-19)23(32)26-17-10-6-7-11-17/h8-9,12-14,17H,4-7,10-11,15H2,1-3H3,(H,25,30)(H,26,32)/t24-/m0/s1. The third kappa shape index (κ3) is 4.01. The number of aryl methyl sites for hydroxylation is 1. The summed E-state index contributed by atoms with van der Waals surface area (Å²) >= 11 is 0. The Kier molecular flexibility index (Phi) is 6.04. The van der Waals surface area contributed by atoms with Crippen LogP contribution in [0.4, 0.5) is 5.69 Å². The highest BCUT2D eigenvalue weighted by Crippen LogP contribution is 2.29. The second kappa shape index (κ2) is 8.76. The Hall–Kier alpha value is -3.16. The Morgan fingerprint density at radius 3 is 2.62 bits per heavy atom. The molecule has 3 amide bonds. The molecule has 2 heterocycles. The summed E-state index contributed by atoms with van der Waals surface area (Å²) in [5.74, 6) is -0.835. The highest BCUT2D eigenvalue weighted by atomic mass is 16.2. The monoisotopic (exact) mass is 437 g/mol. The SMILES string of the molecule is CCc1cccc(NC(=O)c2cc3n(n2)C[C@@](C)(C(=O)NC2CCCC2)N(CC)C3=O)c1. The van der Waals surface area contributed by atoms with E-state index in [0.717, 1.165) is 37.7 Å². The van der Waals surface area contributed by atoms with Crippen molar-refractivity contribution in [2.75, 3.05) is 11.9 Å². The van der Waals surface area contributed by atoms with Crippen LogP contribution in [-0.2, 0) is 17.8 Å². The van der Waals surface area contributed by atoms with Crippen LogP contribution in [0.25, 0.3) is 0 Å².